The van der Waals surface area contributed by atoms with Crippen LogP contribution in [-0.2, 0) is 28.2 Å². The van der Waals surface area contributed by atoms with Gasteiger partial charge < -0.3 is 0 Å². The SMILES string of the molecule is Cc1c(-c2c3ccc(C(C(C)C)C(C)C)cc3cc[n+]2C)cc(-c2ccccc2)cc1C(C)C.Cc1cc(-c2ccccc2)cc(-c2c3ccc(C(C(C)C)C(C)C)cc3cc[n+]2C)c1C.Cc1cc(-c2ccccc2)ccc1-c1c2ccc(C(C(C)C)C(C)C)cc2cc[n+]1C.Cc1cc(F)c(-c2ccccc2)cc1-c1c2ccc(C(C(C)C)C(C)C)cc2cc[n+]1C. The smallest absolute Gasteiger partial charge is 0.206 e. The Labute approximate surface area is 773 Å². The number of benzene rings is 12. The third kappa shape index (κ3) is 20.9. The molecule has 5 heteroatoms. The lowest BCUT2D eigenvalue weighted by atomic mass is 9.79. The molecule has 0 spiro atoms. The zero-order valence-corrected chi connectivity index (χ0v) is 82.5. The summed E-state index contributed by atoms with van der Waals surface area (Å²) in [6.07, 6.45) is 8.76. The van der Waals surface area contributed by atoms with Crippen molar-refractivity contribution < 1.29 is 22.7 Å². The summed E-state index contributed by atoms with van der Waals surface area (Å²) in [7, 11) is 8.56. The topological polar surface area (TPSA) is 15.5 Å². The molecule has 0 saturated carbocycles. The van der Waals surface area contributed by atoms with E-state index < -0.39 is 0 Å². The van der Waals surface area contributed by atoms with Crippen molar-refractivity contribution in [1.29, 1.82) is 0 Å². The molecule has 4 nitrogen and oxygen atoms in total. The minimum atomic E-state index is -0.181. The lowest BCUT2D eigenvalue weighted by molar-refractivity contribution is -0.659. The standard InChI is InChI=1S/C33H40N.C31H36N.C30H33FN.C30H34N/c1-21(2)30-19-28(25-12-10-9-11-13-25)20-31(24(30)7)33-29-15-14-27(32(22(3)4)23(5)6)18-26(29)16-17-34(33)8;1-20(2)30(21(3)4)26-13-14-28-25(18-26)15-16-32(7)31(28)29-19-27(17-22(5)23(29)6)24-11-9-8-10-12-24;1-19(2)29(20(3)4)24-12-13-25-23(17-24)14-15-32(6)30(25)26-18-27(28(31)16-21(26)5)22-10-8-7-9-11-22;1-20(2)29(21(3)4)26-13-15-28-25(19-26)16-17-31(6)30(28)27-14-12-24(18-22(27)5)23-10-8-7-9-11-23/h9-23,32H,1-8H3;8-21,30H,1-7H3;7-20,29H,1-6H3;7-21,29H,1-6H3/q4*+1. The van der Waals surface area contributed by atoms with Crippen molar-refractivity contribution in [2.24, 2.45) is 75.5 Å². The fourth-order valence-electron chi connectivity index (χ4n) is 21.7. The van der Waals surface area contributed by atoms with Crippen LogP contribution in [0.3, 0.4) is 0 Å². The van der Waals surface area contributed by atoms with Gasteiger partial charge in [0, 0.05) is 35.4 Å². The maximum Gasteiger partial charge on any atom is 0.220 e. The second kappa shape index (κ2) is 41.3. The first-order valence-corrected chi connectivity index (χ1v) is 47.7. The Morgan fingerprint density at radius 1 is 0.217 bits per heavy atom. The average molecular weight is 1710 g/mol. The highest BCUT2D eigenvalue weighted by molar-refractivity contribution is 5.99. The van der Waals surface area contributed by atoms with Crippen LogP contribution >= 0.6 is 0 Å². The molecule has 0 fully saturated rings. The van der Waals surface area contributed by atoms with Crippen molar-refractivity contribution in [3.63, 3.8) is 0 Å². The summed E-state index contributed by atoms with van der Waals surface area (Å²) >= 11 is 0. The van der Waals surface area contributed by atoms with Crippen molar-refractivity contribution in [3.05, 3.63) is 359 Å². The van der Waals surface area contributed by atoms with E-state index in [1.165, 1.54) is 160 Å². The average Bonchev–Trinajstić information content (AvgIpc) is 0.768. The second-order valence-electron chi connectivity index (χ2n) is 40.0. The van der Waals surface area contributed by atoms with Crippen LogP contribution < -0.4 is 18.3 Å². The Morgan fingerprint density at radius 2 is 0.504 bits per heavy atom. The van der Waals surface area contributed by atoms with Crippen molar-refractivity contribution in [2.75, 3.05) is 0 Å². The first kappa shape index (κ1) is 94.8. The molecule has 4 aromatic heterocycles. The summed E-state index contributed by atoms with van der Waals surface area (Å²) in [4.78, 5) is 0. The van der Waals surface area contributed by atoms with Crippen LogP contribution in [0.4, 0.5) is 4.39 Å². The Morgan fingerprint density at radius 3 is 0.829 bits per heavy atom. The highest BCUT2D eigenvalue weighted by Crippen LogP contribution is 2.45. The molecule has 0 saturated heterocycles. The highest BCUT2D eigenvalue weighted by Gasteiger charge is 2.30. The third-order valence-corrected chi connectivity index (χ3v) is 27.6. The number of pyridine rings is 4. The quantitative estimate of drug-likeness (QED) is 0.0637. The molecule has 0 radical (unpaired) electrons. The first-order valence-electron chi connectivity index (χ1n) is 47.7. The molecule has 0 aliphatic carbocycles. The lowest BCUT2D eigenvalue weighted by Gasteiger charge is -2.25. The van der Waals surface area contributed by atoms with E-state index in [4.69, 9.17) is 0 Å². The van der Waals surface area contributed by atoms with Gasteiger partial charge in [-0.1, -0.05) is 319 Å². The summed E-state index contributed by atoms with van der Waals surface area (Å²) in [6, 6.07) is 99.1. The lowest BCUT2D eigenvalue weighted by Crippen LogP contribution is -2.31. The van der Waals surface area contributed by atoms with E-state index in [1.807, 2.05) is 43.3 Å². The van der Waals surface area contributed by atoms with Crippen molar-refractivity contribution >= 4 is 43.1 Å². The van der Waals surface area contributed by atoms with Gasteiger partial charge in [-0.3, -0.25) is 0 Å². The van der Waals surface area contributed by atoms with Crippen LogP contribution in [0.25, 0.3) is 133 Å². The van der Waals surface area contributed by atoms with Gasteiger partial charge in [0.25, 0.3) is 0 Å². The fraction of sp³-hybridized carbons (Fsp3) is 0.323. The number of halogens is 1. The van der Waals surface area contributed by atoms with Gasteiger partial charge in [0.1, 0.15) is 34.0 Å². The minimum Gasteiger partial charge on any atom is -0.206 e. The Kier molecular flexibility index (Phi) is 30.4. The molecule has 0 N–H and O–H groups in total. The number of hydrogen-bond acceptors (Lipinski definition) is 0. The third-order valence-electron chi connectivity index (χ3n) is 27.6. The van der Waals surface area contributed by atoms with E-state index in [1.54, 1.807) is 6.07 Å². The number of nitrogens with zero attached hydrogens (tertiary/aromatic N) is 4. The van der Waals surface area contributed by atoms with Gasteiger partial charge in [0.15, 0.2) is 24.8 Å². The number of fused-ring (bicyclic) bond motifs is 4. The van der Waals surface area contributed by atoms with Gasteiger partial charge in [0.2, 0.25) is 22.8 Å². The van der Waals surface area contributed by atoms with E-state index >= 15 is 0 Å². The van der Waals surface area contributed by atoms with Gasteiger partial charge in [-0.05, 0) is 282 Å². The highest BCUT2D eigenvalue weighted by atomic mass is 19.1. The first-order chi connectivity index (χ1) is 61.6. The van der Waals surface area contributed by atoms with Crippen LogP contribution in [0.5, 0.6) is 0 Å². The number of aryl methyl sites for hydroxylation is 7. The Balaban J connectivity index is 0.000000147. The molecule has 16 rings (SSSR count). The summed E-state index contributed by atoms with van der Waals surface area (Å²) in [5, 5.41) is 10.3. The van der Waals surface area contributed by atoms with Gasteiger partial charge in [-0.25, -0.2) is 22.7 Å². The molecule has 0 atom stereocenters. The van der Waals surface area contributed by atoms with E-state index in [2.05, 4.69) is 454 Å². The predicted octanol–water partition coefficient (Wildman–Crippen LogP) is 32.4. The number of aromatic nitrogens is 4. The van der Waals surface area contributed by atoms with E-state index in [0.717, 1.165) is 22.4 Å². The van der Waals surface area contributed by atoms with Crippen molar-refractivity contribution in [2.45, 2.75) is 189 Å². The molecule has 662 valence electrons. The minimum absolute atomic E-state index is 0.181. The van der Waals surface area contributed by atoms with Crippen molar-refractivity contribution in [3.8, 4) is 89.5 Å². The summed E-state index contributed by atoms with van der Waals surface area (Å²) in [6.45, 7) is 52.9. The molecule has 0 aliphatic heterocycles. The molecule has 16 aromatic rings. The fourth-order valence-corrected chi connectivity index (χ4v) is 21.7. The van der Waals surface area contributed by atoms with E-state index in [9.17, 15) is 4.39 Å². The monoisotopic (exact) mass is 1710 g/mol. The van der Waals surface area contributed by atoms with E-state index in [0.29, 0.717) is 82.5 Å². The maximum atomic E-state index is 14.9. The van der Waals surface area contributed by atoms with Gasteiger partial charge in [-0.15, -0.1) is 0 Å². The number of rotatable bonds is 21. The molecule has 4 heterocycles. The van der Waals surface area contributed by atoms with Gasteiger partial charge >= 0.3 is 0 Å². The molecule has 0 bridgehead atoms. The van der Waals surface area contributed by atoms with Crippen LogP contribution in [0.15, 0.2) is 298 Å². The van der Waals surface area contributed by atoms with Crippen LogP contribution in [-0.4, -0.2) is 0 Å². The normalized spacial score (nSPS) is 11.9. The van der Waals surface area contributed by atoms with Gasteiger partial charge in [0.05, 0.1) is 38.2 Å². The molecule has 0 aliphatic rings. The number of hydrogen-bond donors (Lipinski definition) is 0. The predicted molar refractivity (Wildman–Crippen MR) is 551 cm³/mol. The Bertz CT molecular complexity index is 6570. The summed E-state index contributed by atoms with van der Waals surface area (Å²) in [5.41, 5.74) is 32.6. The molecule has 12 aromatic carbocycles. The molecular formula is C124H143FN4+4. The molecule has 0 amide bonds. The molecule has 0 unspecified atom stereocenters. The zero-order valence-electron chi connectivity index (χ0n) is 82.5. The van der Waals surface area contributed by atoms with Crippen LogP contribution in [0.2, 0.25) is 0 Å². The van der Waals surface area contributed by atoms with Gasteiger partial charge in [-0.2, -0.15) is 0 Å². The second-order valence-corrected chi connectivity index (χ2v) is 40.0. The molecule has 129 heavy (non-hydrogen) atoms. The summed E-state index contributed by atoms with van der Waals surface area (Å²) < 4.78 is 23.9. The molecular weight excluding hydrogens is 1560 g/mol. The Hall–Kier alpha value is -11.8. The van der Waals surface area contributed by atoms with Crippen LogP contribution in [0, 0.1) is 87.8 Å². The van der Waals surface area contributed by atoms with Crippen molar-refractivity contribution in [1.82, 2.24) is 0 Å². The largest absolute Gasteiger partial charge is 0.220 e. The summed E-state index contributed by atoms with van der Waals surface area (Å²) in [5.74, 6) is 7.44. The zero-order chi connectivity index (χ0) is 92.7. The van der Waals surface area contributed by atoms with Crippen LogP contribution in [0.1, 0.15) is 210 Å². The maximum absolute atomic E-state index is 14.9. The van der Waals surface area contributed by atoms with E-state index in [-0.39, 0.29) is 5.82 Å².